The predicted octanol–water partition coefficient (Wildman–Crippen LogP) is 7.36. The van der Waals surface area contributed by atoms with E-state index in [9.17, 15) is 22.8 Å². The van der Waals surface area contributed by atoms with Crippen molar-refractivity contribution in [3.8, 4) is 0 Å². The molecule has 0 fully saturated rings. The van der Waals surface area contributed by atoms with Crippen molar-refractivity contribution >= 4 is 35.0 Å². The van der Waals surface area contributed by atoms with Crippen LogP contribution in [0.1, 0.15) is 21.9 Å². The summed E-state index contributed by atoms with van der Waals surface area (Å²) in [4.78, 5) is 26.5. The highest BCUT2D eigenvalue weighted by atomic mass is 32.2. The van der Waals surface area contributed by atoms with Gasteiger partial charge in [-0.15, -0.1) is 11.8 Å². The molecule has 4 aromatic carbocycles. The van der Waals surface area contributed by atoms with Crippen LogP contribution in [0.4, 0.5) is 24.5 Å². The zero-order valence-corrected chi connectivity index (χ0v) is 20.4. The van der Waals surface area contributed by atoms with Crippen molar-refractivity contribution in [2.75, 3.05) is 10.6 Å². The molecule has 2 amide bonds. The number of rotatable bonds is 8. The molecule has 188 valence electrons. The summed E-state index contributed by atoms with van der Waals surface area (Å²) in [6.07, 6.45) is -4.39. The van der Waals surface area contributed by atoms with Crippen molar-refractivity contribution in [2.24, 2.45) is 0 Å². The Morgan fingerprint density at radius 1 is 0.757 bits per heavy atom. The van der Waals surface area contributed by atoms with Crippen LogP contribution < -0.4 is 10.6 Å². The standard InChI is InChI=1S/C29H23F3N2O2S/c30-29(31,32)24-16-7-8-17-25(24)34-28(36)27(21-12-5-2-6-13-21)37-23-15-9-14-22(19-23)33-26(35)18-20-10-3-1-4-11-20/h1-17,19,27H,18H2,(H,33,35)(H,34,36). The highest BCUT2D eigenvalue weighted by Crippen LogP contribution is 2.39. The number of hydrogen-bond donors (Lipinski definition) is 2. The van der Waals surface area contributed by atoms with E-state index in [0.717, 1.165) is 11.6 Å². The van der Waals surface area contributed by atoms with Crippen LogP contribution in [-0.4, -0.2) is 11.8 Å². The minimum Gasteiger partial charge on any atom is -0.326 e. The summed E-state index contributed by atoms with van der Waals surface area (Å²) in [6.45, 7) is 0. The number of hydrogen-bond acceptors (Lipinski definition) is 3. The molecule has 8 heteroatoms. The molecule has 0 saturated heterocycles. The lowest BCUT2D eigenvalue weighted by atomic mass is 10.1. The van der Waals surface area contributed by atoms with Gasteiger partial charge in [0.2, 0.25) is 11.8 Å². The molecule has 0 aliphatic heterocycles. The molecule has 0 aliphatic rings. The minimum absolute atomic E-state index is 0.186. The van der Waals surface area contributed by atoms with Gasteiger partial charge in [-0.05, 0) is 41.5 Å². The van der Waals surface area contributed by atoms with Crippen LogP contribution in [0.3, 0.4) is 0 Å². The second-order valence-corrected chi connectivity index (χ2v) is 9.36. The van der Waals surface area contributed by atoms with Crippen LogP contribution in [0, 0.1) is 0 Å². The van der Waals surface area contributed by atoms with Gasteiger partial charge in [0.15, 0.2) is 0 Å². The van der Waals surface area contributed by atoms with E-state index in [2.05, 4.69) is 10.6 Å². The van der Waals surface area contributed by atoms with E-state index >= 15 is 0 Å². The van der Waals surface area contributed by atoms with Crippen molar-refractivity contribution in [1.82, 2.24) is 0 Å². The van der Waals surface area contributed by atoms with Gasteiger partial charge in [0, 0.05) is 10.6 Å². The predicted molar refractivity (Wildman–Crippen MR) is 140 cm³/mol. The van der Waals surface area contributed by atoms with Gasteiger partial charge in [-0.2, -0.15) is 13.2 Å². The van der Waals surface area contributed by atoms with Gasteiger partial charge in [0.25, 0.3) is 0 Å². The largest absolute Gasteiger partial charge is 0.418 e. The van der Waals surface area contributed by atoms with E-state index in [1.165, 1.54) is 30.0 Å². The van der Waals surface area contributed by atoms with Crippen LogP contribution >= 0.6 is 11.8 Å². The maximum Gasteiger partial charge on any atom is 0.418 e. The molecule has 0 saturated carbocycles. The minimum atomic E-state index is -4.61. The third kappa shape index (κ3) is 7.24. The lowest BCUT2D eigenvalue weighted by Gasteiger charge is -2.19. The van der Waals surface area contributed by atoms with Gasteiger partial charge < -0.3 is 10.6 Å². The average molecular weight is 521 g/mol. The first-order chi connectivity index (χ1) is 17.8. The zero-order valence-electron chi connectivity index (χ0n) is 19.5. The molecule has 1 atom stereocenters. The first-order valence-electron chi connectivity index (χ1n) is 11.4. The summed E-state index contributed by atoms with van der Waals surface area (Å²) in [5, 5.41) is 4.48. The van der Waals surface area contributed by atoms with Crippen molar-refractivity contribution in [2.45, 2.75) is 22.7 Å². The number of carbonyl (C=O) groups excluding carboxylic acids is 2. The van der Waals surface area contributed by atoms with Gasteiger partial charge in [-0.1, -0.05) is 78.9 Å². The number of halogens is 3. The molecule has 4 aromatic rings. The Bertz CT molecular complexity index is 1360. The Morgan fingerprint density at radius 2 is 1.41 bits per heavy atom. The number of benzene rings is 4. The monoisotopic (exact) mass is 520 g/mol. The fourth-order valence-electron chi connectivity index (χ4n) is 3.71. The van der Waals surface area contributed by atoms with Crippen LogP contribution in [0.25, 0.3) is 0 Å². The van der Waals surface area contributed by atoms with Crippen LogP contribution in [0.15, 0.2) is 114 Å². The zero-order chi connectivity index (χ0) is 26.3. The molecule has 0 radical (unpaired) electrons. The van der Waals surface area contributed by atoms with E-state index in [1.807, 2.05) is 30.3 Å². The SMILES string of the molecule is O=C(Cc1ccccc1)Nc1cccc(SC(C(=O)Nc2ccccc2C(F)(F)F)c2ccccc2)c1. The molecular weight excluding hydrogens is 497 g/mol. The molecule has 0 bridgehead atoms. The first kappa shape index (κ1) is 26.0. The highest BCUT2D eigenvalue weighted by Gasteiger charge is 2.34. The van der Waals surface area contributed by atoms with Crippen molar-refractivity contribution in [3.05, 3.63) is 126 Å². The van der Waals surface area contributed by atoms with E-state index < -0.39 is 22.9 Å². The fourth-order valence-corrected chi connectivity index (χ4v) is 4.79. The lowest BCUT2D eigenvalue weighted by molar-refractivity contribution is -0.137. The van der Waals surface area contributed by atoms with Crippen molar-refractivity contribution in [3.63, 3.8) is 0 Å². The van der Waals surface area contributed by atoms with Gasteiger partial charge in [-0.3, -0.25) is 9.59 Å². The fraction of sp³-hybridized carbons (Fsp3) is 0.103. The third-order valence-corrected chi connectivity index (χ3v) is 6.66. The average Bonchev–Trinajstić information content (AvgIpc) is 2.88. The number of amides is 2. The Morgan fingerprint density at radius 3 is 2.11 bits per heavy atom. The van der Waals surface area contributed by atoms with Crippen molar-refractivity contribution in [1.29, 1.82) is 0 Å². The van der Waals surface area contributed by atoms with E-state index in [1.54, 1.807) is 54.6 Å². The lowest BCUT2D eigenvalue weighted by Crippen LogP contribution is -2.21. The number of alkyl halides is 3. The smallest absolute Gasteiger partial charge is 0.326 e. The normalized spacial score (nSPS) is 12.0. The summed E-state index contributed by atoms with van der Waals surface area (Å²) >= 11 is 1.18. The molecule has 0 heterocycles. The van der Waals surface area contributed by atoms with Gasteiger partial charge >= 0.3 is 6.18 Å². The van der Waals surface area contributed by atoms with E-state index in [4.69, 9.17) is 0 Å². The summed E-state index contributed by atoms with van der Waals surface area (Å²) in [6, 6.07) is 30.1. The number of para-hydroxylation sites is 1. The molecule has 4 rings (SSSR count). The number of anilines is 2. The molecule has 0 aromatic heterocycles. The second kappa shape index (κ2) is 11.8. The summed E-state index contributed by atoms with van der Waals surface area (Å²) in [7, 11) is 0. The molecule has 37 heavy (non-hydrogen) atoms. The Kier molecular flexibility index (Phi) is 8.30. The van der Waals surface area contributed by atoms with Crippen molar-refractivity contribution < 1.29 is 22.8 Å². The van der Waals surface area contributed by atoms with Crippen LogP contribution in [0.2, 0.25) is 0 Å². The maximum atomic E-state index is 13.5. The summed E-state index contributed by atoms with van der Waals surface area (Å²) < 4.78 is 40.4. The molecule has 2 N–H and O–H groups in total. The van der Waals surface area contributed by atoms with E-state index in [-0.39, 0.29) is 18.0 Å². The number of thioether (sulfide) groups is 1. The topological polar surface area (TPSA) is 58.2 Å². The molecule has 1 unspecified atom stereocenters. The summed E-state index contributed by atoms with van der Waals surface area (Å²) in [5.41, 5.74) is 0.853. The summed E-state index contributed by atoms with van der Waals surface area (Å²) in [5.74, 6) is -0.777. The Hall–Kier alpha value is -4.04. The molecule has 0 spiro atoms. The van der Waals surface area contributed by atoms with Crippen LogP contribution in [-0.2, 0) is 22.2 Å². The molecule has 0 aliphatic carbocycles. The Labute approximate surface area is 216 Å². The number of nitrogens with one attached hydrogen (secondary N) is 2. The maximum absolute atomic E-state index is 13.5. The highest BCUT2D eigenvalue weighted by molar-refractivity contribution is 8.00. The second-order valence-electron chi connectivity index (χ2n) is 8.18. The quantitative estimate of drug-likeness (QED) is 0.239. The first-order valence-corrected chi connectivity index (χ1v) is 12.3. The van der Waals surface area contributed by atoms with E-state index in [0.29, 0.717) is 16.1 Å². The molecule has 4 nitrogen and oxygen atoms in total. The Balaban J connectivity index is 1.54. The number of carbonyl (C=O) groups is 2. The third-order valence-electron chi connectivity index (χ3n) is 5.41. The van der Waals surface area contributed by atoms with Gasteiger partial charge in [0.05, 0.1) is 17.7 Å². The van der Waals surface area contributed by atoms with Gasteiger partial charge in [-0.25, -0.2) is 0 Å². The molecular formula is C29H23F3N2O2S. The van der Waals surface area contributed by atoms with Crippen LogP contribution in [0.5, 0.6) is 0 Å². The van der Waals surface area contributed by atoms with Gasteiger partial charge in [0.1, 0.15) is 5.25 Å².